The fraction of sp³-hybridized carbons (Fsp3) is 0.227. The summed E-state index contributed by atoms with van der Waals surface area (Å²) in [6, 6.07) is 8.65. The Morgan fingerprint density at radius 3 is 2.06 bits per heavy atom. The highest BCUT2D eigenvalue weighted by atomic mass is 19.4. The summed E-state index contributed by atoms with van der Waals surface area (Å²) in [5.41, 5.74) is -3.42. The second-order valence-electron chi connectivity index (χ2n) is 7.08. The van der Waals surface area contributed by atoms with Gasteiger partial charge in [0.15, 0.2) is 0 Å². The summed E-state index contributed by atoms with van der Waals surface area (Å²) in [6.45, 7) is -0.342. The minimum absolute atomic E-state index is 0.0631. The number of nitrogens with zero attached hydrogens (tertiary/aromatic N) is 2. The molecule has 12 heteroatoms. The van der Waals surface area contributed by atoms with Crippen molar-refractivity contribution in [2.45, 2.75) is 18.9 Å². The van der Waals surface area contributed by atoms with Crippen LogP contribution < -0.4 is 15.6 Å². The van der Waals surface area contributed by atoms with Gasteiger partial charge in [-0.1, -0.05) is 0 Å². The summed E-state index contributed by atoms with van der Waals surface area (Å²) in [5, 5.41) is 2.22. The normalized spacial score (nSPS) is 11.9. The van der Waals surface area contributed by atoms with Crippen LogP contribution in [-0.4, -0.2) is 29.1 Å². The third-order valence-electron chi connectivity index (χ3n) is 4.75. The molecule has 34 heavy (non-hydrogen) atoms. The Morgan fingerprint density at radius 2 is 1.56 bits per heavy atom. The van der Waals surface area contributed by atoms with Crippen molar-refractivity contribution in [2.24, 2.45) is 0 Å². The molecule has 6 nitrogen and oxygen atoms in total. The van der Waals surface area contributed by atoms with E-state index in [1.54, 1.807) is 24.3 Å². The molecule has 1 aromatic heterocycles. The van der Waals surface area contributed by atoms with Gasteiger partial charge in [0.2, 0.25) is 0 Å². The number of alkyl halides is 6. The lowest BCUT2D eigenvalue weighted by Crippen LogP contribution is -2.31. The van der Waals surface area contributed by atoms with Gasteiger partial charge in [0.1, 0.15) is 5.75 Å². The Morgan fingerprint density at radius 1 is 0.971 bits per heavy atom. The Kier molecular flexibility index (Phi) is 6.99. The lowest BCUT2D eigenvalue weighted by molar-refractivity contribution is -0.143. The maximum atomic E-state index is 13.0. The lowest BCUT2D eigenvalue weighted by Gasteiger charge is -2.14. The van der Waals surface area contributed by atoms with Gasteiger partial charge in [-0.15, -0.1) is 0 Å². The van der Waals surface area contributed by atoms with Crippen LogP contribution in [0.25, 0.3) is 11.3 Å². The van der Waals surface area contributed by atoms with Crippen LogP contribution in [0.5, 0.6) is 5.75 Å². The van der Waals surface area contributed by atoms with Gasteiger partial charge in [-0.2, -0.15) is 26.3 Å². The molecule has 0 saturated carbocycles. The molecule has 0 saturated heterocycles. The van der Waals surface area contributed by atoms with E-state index in [9.17, 15) is 35.9 Å². The maximum Gasteiger partial charge on any atom is 0.416 e. The minimum Gasteiger partial charge on any atom is -0.497 e. The smallest absolute Gasteiger partial charge is 0.416 e. The van der Waals surface area contributed by atoms with Crippen molar-refractivity contribution >= 4 is 5.91 Å². The van der Waals surface area contributed by atoms with Gasteiger partial charge in [0.25, 0.3) is 11.5 Å². The molecule has 1 N–H and O–H groups in total. The monoisotopic (exact) mass is 485 g/mol. The molecular weight excluding hydrogens is 468 g/mol. The number of carbonyl (C=O) groups excluding carboxylic acids is 1. The first-order valence-corrected chi connectivity index (χ1v) is 9.67. The zero-order valence-corrected chi connectivity index (χ0v) is 17.5. The first-order chi connectivity index (χ1) is 15.9. The van der Waals surface area contributed by atoms with Gasteiger partial charge < -0.3 is 10.1 Å². The molecule has 0 aliphatic rings. The van der Waals surface area contributed by atoms with Gasteiger partial charge in [0, 0.05) is 30.3 Å². The number of aromatic nitrogens is 2. The zero-order valence-electron chi connectivity index (χ0n) is 17.5. The molecule has 3 rings (SSSR count). The average Bonchev–Trinajstić information content (AvgIpc) is 2.78. The first-order valence-electron chi connectivity index (χ1n) is 9.67. The van der Waals surface area contributed by atoms with Crippen LogP contribution >= 0.6 is 0 Å². The molecule has 0 atom stereocenters. The van der Waals surface area contributed by atoms with Crippen LogP contribution in [0, 0.1) is 0 Å². The molecule has 0 unspecified atom stereocenters. The summed E-state index contributed by atoms with van der Waals surface area (Å²) in [4.78, 5) is 28.7. The quantitative estimate of drug-likeness (QED) is 0.526. The largest absolute Gasteiger partial charge is 0.497 e. The summed E-state index contributed by atoms with van der Waals surface area (Å²) < 4.78 is 84.0. The fourth-order valence-electron chi connectivity index (χ4n) is 2.99. The number of rotatable bonds is 6. The molecule has 0 fully saturated rings. The fourth-order valence-corrected chi connectivity index (χ4v) is 2.99. The number of halogens is 6. The average molecular weight is 485 g/mol. The predicted octanol–water partition coefficient (Wildman–Crippen LogP) is 4.39. The Balaban J connectivity index is 1.70. The third kappa shape index (κ3) is 5.94. The molecule has 0 spiro atoms. The summed E-state index contributed by atoms with van der Waals surface area (Å²) >= 11 is 0. The molecule has 0 aliphatic heterocycles. The highest BCUT2D eigenvalue weighted by Gasteiger charge is 2.37. The van der Waals surface area contributed by atoms with E-state index in [1.165, 1.54) is 19.5 Å². The minimum atomic E-state index is -5.07. The zero-order chi connectivity index (χ0) is 25.1. The molecule has 0 bridgehead atoms. The van der Waals surface area contributed by atoms with Crippen LogP contribution in [-0.2, 0) is 18.9 Å². The second kappa shape index (κ2) is 9.57. The molecule has 2 aromatic carbocycles. The van der Waals surface area contributed by atoms with E-state index in [0.29, 0.717) is 29.1 Å². The number of hydrogen-bond donors (Lipinski definition) is 1. The van der Waals surface area contributed by atoms with E-state index < -0.39 is 40.5 Å². The van der Waals surface area contributed by atoms with Crippen molar-refractivity contribution in [3.63, 3.8) is 0 Å². The maximum absolute atomic E-state index is 13.0. The topological polar surface area (TPSA) is 73.2 Å². The Labute approximate surface area is 188 Å². The van der Waals surface area contributed by atoms with Crippen LogP contribution in [0.4, 0.5) is 26.3 Å². The lowest BCUT2D eigenvalue weighted by atomic mass is 10.0. The van der Waals surface area contributed by atoms with Gasteiger partial charge in [0.05, 0.1) is 30.3 Å². The summed E-state index contributed by atoms with van der Waals surface area (Å²) in [5.74, 6) is -0.525. The van der Waals surface area contributed by atoms with Gasteiger partial charge in [-0.3, -0.25) is 14.2 Å². The number of ether oxygens (including phenoxy) is 1. The van der Waals surface area contributed by atoms with Crippen molar-refractivity contribution in [3.05, 3.63) is 81.9 Å². The number of benzene rings is 2. The Bertz CT molecular complexity index is 1200. The number of hydrogen-bond acceptors (Lipinski definition) is 4. The third-order valence-corrected chi connectivity index (χ3v) is 4.75. The van der Waals surface area contributed by atoms with Gasteiger partial charge >= 0.3 is 12.4 Å². The van der Waals surface area contributed by atoms with Crippen molar-refractivity contribution in [1.82, 2.24) is 14.9 Å². The highest BCUT2D eigenvalue weighted by Crippen LogP contribution is 2.36. The van der Waals surface area contributed by atoms with Gasteiger partial charge in [-0.25, -0.2) is 4.98 Å². The van der Waals surface area contributed by atoms with Crippen LogP contribution in [0.15, 0.2) is 59.7 Å². The van der Waals surface area contributed by atoms with Crippen LogP contribution in [0.3, 0.4) is 0 Å². The van der Waals surface area contributed by atoms with E-state index in [0.717, 1.165) is 4.57 Å². The molecule has 180 valence electrons. The molecule has 0 aliphatic carbocycles. The highest BCUT2D eigenvalue weighted by molar-refractivity contribution is 5.94. The van der Waals surface area contributed by atoms with Crippen LogP contribution in [0.1, 0.15) is 21.5 Å². The number of carbonyl (C=O) groups is 1. The van der Waals surface area contributed by atoms with E-state index >= 15 is 0 Å². The van der Waals surface area contributed by atoms with Gasteiger partial charge in [-0.05, 0) is 42.5 Å². The number of nitrogens with one attached hydrogen (secondary N) is 1. The number of amides is 1. The second-order valence-corrected chi connectivity index (χ2v) is 7.08. The van der Waals surface area contributed by atoms with Crippen molar-refractivity contribution in [2.75, 3.05) is 13.7 Å². The van der Waals surface area contributed by atoms with E-state index in [-0.39, 0.29) is 19.2 Å². The SMILES string of the molecule is COc1ccc(-c2cc(=O)n(CCNC(=O)c3cc(C(F)(F)F)cc(C(F)(F)F)c3)cn2)cc1. The van der Waals surface area contributed by atoms with Crippen molar-refractivity contribution in [1.29, 1.82) is 0 Å². The van der Waals surface area contributed by atoms with E-state index in [4.69, 9.17) is 4.74 Å². The van der Waals surface area contributed by atoms with Crippen LogP contribution in [0.2, 0.25) is 0 Å². The molecule has 3 aromatic rings. The summed E-state index contributed by atoms with van der Waals surface area (Å²) in [6.07, 6.45) is -8.91. The standard InChI is InChI=1S/C22H17F6N3O3/c1-34-17-4-2-13(3-5-17)18-11-19(32)31(12-30-18)7-6-29-20(33)14-8-15(21(23,24)25)10-16(9-14)22(26,27)28/h2-5,8-12H,6-7H2,1H3,(H,29,33). The molecule has 0 radical (unpaired) electrons. The number of methoxy groups -OCH3 is 1. The van der Waals surface area contributed by atoms with E-state index in [1.807, 2.05) is 0 Å². The molecule has 1 heterocycles. The van der Waals surface area contributed by atoms with E-state index in [2.05, 4.69) is 10.3 Å². The van der Waals surface area contributed by atoms with Crippen molar-refractivity contribution in [3.8, 4) is 17.0 Å². The Hall–Kier alpha value is -3.83. The molecule has 1 amide bonds. The first kappa shape index (κ1) is 24.8. The summed E-state index contributed by atoms with van der Waals surface area (Å²) in [7, 11) is 1.51. The van der Waals surface area contributed by atoms with Crippen molar-refractivity contribution < 1.29 is 35.9 Å². The molecular formula is C22H17F6N3O3. The predicted molar refractivity (Wildman–Crippen MR) is 109 cm³/mol.